The fourth-order valence-corrected chi connectivity index (χ4v) is 5.27. The van der Waals surface area contributed by atoms with E-state index in [9.17, 15) is 13.2 Å². The van der Waals surface area contributed by atoms with E-state index in [1.165, 1.54) is 6.07 Å². The molecular weight excluding hydrogens is 464 g/mol. The smallest absolute Gasteiger partial charge is 0.421 e. The molecule has 0 aliphatic carbocycles. The molecule has 2 aromatic carbocycles. The molecule has 2 aromatic heterocycles. The van der Waals surface area contributed by atoms with Crippen LogP contribution in [0.2, 0.25) is 0 Å². The number of hydrogen-bond acceptors (Lipinski definition) is 6. The highest BCUT2D eigenvalue weighted by molar-refractivity contribution is 7.90. The van der Waals surface area contributed by atoms with Crippen LogP contribution in [0.15, 0.2) is 53.4 Å². The molecule has 0 bridgehead atoms. The second-order valence-electron chi connectivity index (χ2n) is 8.31. The van der Waals surface area contributed by atoms with E-state index in [1.807, 2.05) is 55.8 Å². The van der Waals surface area contributed by atoms with Crippen LogP contribution in [0.25, 0.3) is 27.8 Å². The average molecular weight is 493 g/mol. The Morgan fingerprint density at radius 1 is 1.00 bits per heavy atom. The molecule has 0 aliphatic rings. The molecule has 0 spiro atoms. The van der Waals surface area contributed by atoms with Gasteiger partial charge >= 0.3 is 6.09 Å². The minimum atomic E-state index is -4.13. The van der Waals surface area contributed by atoms with E-state index in [0.717, 1.165) is 45.9 Å². The third-order valence-corrected chi connectivity index (χ3v) is 7.06. The number of rotatable bonds is 6. The van der Waals surface area contributed by atoms with Crippen molar-refractivity contribution < 1.29 is 17.9 Å². The van der Waals surface area contributed by atoms with Crippen LogP contribution in [-0.2, 0) is 21.2 Å². The lowest BCUT2D eigenvalue weighted by molar-refractivity contribution is 0.158. The number of imidazole rings is 1. The van der Waals surface area contributed by atoms with Crippen LogP contribution in [0, 0.1) is 20.8 Å². The standard InChI is InChI=1S/C26H28N4O4S/c1-6-24-28-25-18(5)27-17(4)15-22(25)30(24)20-11-9-19(10-12-20)21-14-16(3)8-13-23(21)35(32,33)29-26(31)34-7-2/h8-15H,6-7H2,1-5H3,(H,29,31). The largest absolute Gasteiger partial charge is 0.449 e. The van der Waals surface area contributed by atoms with Gasteiger partial charge in [-0.1, -0.05) is 36.8 Å². The molecule has 4 aromatic rings. The van der Waals surface area contributed by atoms with E-state index >= 15 is 0 Å². The first-order valence-electron chi connectivity index (χ1n) is 11.4. The summed E-state index contributed by atoms with van der Waals surface area (Å²) >= 11 is 0. The maximum absolute atomic E-state index is 12.9. The van der Waals surface area contributed by atoms with Gasteiger partial charge in [0.15, 0.2) is 0 Å². The molecule has 1 N–H and O–H groups in total. The first kappa shape index (κ1) is 24.4. The highest BCUT2D eigenvalue weighted by Gasteiger charge is 2.23. The highest BCUT2D eigenvalue weighted by Crippen LogP contribution is 2.31. The van der Waals surface area contributed by atoms with Crippen LogP contribution < -0.4 is 4.72 Å². The van der Waals surface area contributed by atoms with E-state index in [2.05, 4.69) is 16.5 Å². The molecule has 182 valence electrons. The number of pyridine rings is 1. The summed E-state index contributed by atoms with van der Waals surface area (Å²) in [5.41, 5.74) is 6.67. The number of aryl methyl sites for hydroxylation is 4. The summed E-state index contributed by atoms with van der Waals surface area (Å²) in [5.74, 6) is 0.917. The zero-order valence-corrected chi connectivity index (χ0v) is 21.2. The Hall–Kier alpha value is -3.72. The van der Waals surface area contributed by atoms with Crippen molar-refractivity contribution in [1.82, 2.24) is 19.3 Å². The van der Waals surface area contributed by atoms with E-state index in [0.29, 0.717) is 11.1 Å². The van der Waals surface area contributed by atoms with Crippen molar-refractivity contribution in [2.75, 3.05) is 6.61 Å². The van der Waals surface area contributed by atoms with E-state index in [-0.39, 0.29) is 11.5 Å². The molecule has 0 saturated carbocycles. The second kappa shape index (κ2) is 9.50. The number of hydrogen-bond donors (Lipinski definition) is 1. The molecule has 0 fully saturated rings. The number of amides is 1. The third-order valence-electron chi connectivity index (χ3n) is 5.69. The average Bonchev–Trinajstić information content (AvgIpc) is 3.17. The lowest BCUT2D eigenvalue weighted by Gasteiger charge is -2.14. The van der Waals surface area contributed by atoms with Crippen molar-refractivity contribution in [3.8, 4) is 16.8 Å². The molecular formula is C26H28N4O4S. The summed E-state index contributed by atoms with van der Waals surface area (Å²) in [7, 11) is -4.13. The van der Waals surface area contributed by atoms with Gasteiger partial charge in [-0.05, 0) is 57.5 Å². The Balaban J connectivity index is 1.80. The predicted molar refractivity (Wildman–Crippen MR) is 135 cm³/mol. The quantitative estimate of drug-likeness (QED) is 0.406. The number of carbonyl (C=O) groups excluding carboxylic acids is 1. The van der Waals surface area contributed by atoms with Crippen LogP contribution in [0.4, 0.5) is 4.79 Å². The molecule has 8 nitrogen and oxygen atoms in total. The molecule has 1 amide bonds. The highest BCUT2D eigenvalue weighted by atomic mass is 32.2. The van der Waals surface area contributed by atoms with Crippen molar-refractivity contribution in [3.63, 3.8) is 0 Å². The van der Waals surface area contributed by atoms with E-state index in [1.54, 1.807) is 19.1 Å². The maximum Gasteiger partial charge on any atom is 0.421 e. The van der Waals surface area contributed by atoms with Gasteiger partial charge in [0.2, 0.25) is 0 Å². The number of sulfonamides is 1. The van der Waals surface area contributed by atoms with Gasteiger partial charge in [-0.15, -0.1) is 0 Å². The van der Waals surface area contributed by atoms with Crippen LogP contribution >= 0.6 is 0 Å². The van der Waals surface area contributed by atoms with Gasteiger partial charge in [0.1, 0.15) is 11.3 Å². The topological polar surface area (TPSA) is 103 Å². The number of aromatic nitrogens is 3. The van der Waals surface area contributed by atoms with Gasteiger partial charge in [0, 0.05) is 23.4 Å². The van der Waals surface area contributed by atoms with Gasteiger partial charge in [-0.3, -0.25) is 9.55 Å². The normalized spacial score (nSPS) is 11.6. The Bertz CT molecular complexity index is 1520. The van der Waals surface area contributed by atoms with Gasteiger partial charge in [0.25, 0.3) is 10.0 Å². The lowest BCUT2D eigenvalue weighted by Crippen LogP contribution is -2.31. The number of benzene rings is 2. The summed E-state index contributed by atoms with van der Waals surface area (Å²) in [6, 6.07) is 14.6. The molecule has 2 heterocycles. The summed E-state index contributed by atoms with van der Waals surface area (Å²) in [6.45, 7) is 9.54. The summed E-state index contributed by atoms with van der Waals surface area (Å²) in [4.78, 5) is 21.2. The Kier molecular flexibility index (Phi) is 6.62. The molecule has 0 unspecified atom stereocenters. The molecule has 0 saturated heterocycles. The third kappa shape index (κ3) is 4.77. The molecule has 9 heteroatoms. The second-order valence-corrected chi connectivity index (χ2v) is 9.96. The van der Waals surface area contributed by atoms with Crippen molar-refractivity contribution in [2.24, 2.45) is 0 Å². The number of fused-ring (bicyclic) bond motifs is 1. The zero-order chi connectivity index (χ0) is 25.3. The summed E-state index contributed by atoms with van der Waals surface area (Å²) in [5, 5.41) is 0. The van der Waals surface area contributed by atoms with Gasteiger partial charge in [-0.2, -0.15) is 0 Å². The van der Waals surface area contributed by atoms with E-state index < -0.39 is 16.1 Å². The summed E-state index contributed by atoms with van der Waals surface area (Å²) in [6.07, 6.45) is -0.261. The maximum atomic E-state index is 12.9. The number of nitrogens with one attached hydrogen (secondary N) is 1. The number of carbonyl (C=O) groups is 1. The van der Waals surface area contributed by atoms with Crippen LogP contribution in [0.1, 0.15) is 36.6 Å². The van der Waals surface area contributed by atoms with Crippen molar-refractivity contribution >= 4 is 27.1 Å². The molecule has 4 rings (SSSR count). The lowest BCUT2D eigenvalue weighted by atomic mass is 10.0. The SMILES string of the molecule is CCOC(=O)NS(=O)(=O)c1ccc(C)cc1-c1ccc(-n2c(CC)nc3c(C)nc(C)cc32)cc1. The minimum Gasteiger partial charge on any atom is -0.449 e. The number of nitrogens with zero attached hydrogens (tertiary/aromatic N) is 3. The predicted octanol–water partition coefficient (Wildman–Crippen LogP) is 5.01. The van der Waals surface area contributed by atoms with Crippen molar-refractivity contribution in [1.29, 1.82) is 0 Å². The van der Waals surface area contributed by atoms with E-state index in [4.69, 9.17) is 9.72 Å². The van der Waals surface area contributed by atoms with Gasteiger partial charge in [-0.25, -0.2) is 22.9 Å². The number of ether oxygens (including phenoxy) is 1. The molecule has 35 heavy (non-hydrogen) atoms. The van der Waals surface area contributed by atoms with Crippen LogP contribution in [0.3, 0.4) is 0 Å². The minimum absolute atomic E-state index is 0.00329. The molecule has 0 atom stereocenters. The fourth-order valence-electron chi connectivity index (χ4n) is 4.17. The molecule has 0 radical (unpaired) electrons. The molecule has 0 aliphatic heterocycles. The van der Waals surface area contributed by atoms with Crippen LogP contribution in [0.5, 0.6) is 0 Å². The van der Waals surface area contributed by atoms with Crippen LogP contribution in [-0.4, -0.2) is 35.7 Å². The Labute approximate surface area is 205 Å². The Morgan fingerprint density at radius 2 is 1.71 bits per heavy atom. The zero-order valence-electron chi connectivity index (χ0n) is 20.4. The first-order chi connectivity index (χ1) is 16.6. The monoisotopic (exact) mass is 492 g/mol. The fraction of sp³-hybridized carbons (Fsp3) is 0.269. The van der Waals surface area contributed by atoms with Gasteiger partial charge < -0.3 is 4.74 Å². The Morgan fingerprint density at radius 3 is 2.37 bits per heavy atom. The van der Waals surface area contributed by atoms with Crippen molar-refractivity contribution in [3.05, 3.63) is 71.3 Å². The summed E-state index contributed by atoms with van der Waals surface area (Å²) < 4.78 is 34.7. The van der Waals surface area contributed by atoms with Crippen molar-refractivity contribution in [2.45, 2.75) is 45.9 Å². The first-order valence-corrected chi connectivity index (χ1v) is 12.9. The van der Waals surface area contributed by atoms with Gasteiger partial charge in [0.05, 0.1) is 22.7 Å².